The summed E-state index contributed by atoms with van der Waals surface area (Å²) in [4.78, 5) is 26.4. The van der Waals surface area contributed by atoms with Gasteiger partial charge in [-0.2, -0.15) is 0 Å². The summed E-state index contributed by atoms with van der Waals surface area (Å²) in [6, 6.07) is 0. The molecule has 1 aromatic rings. The number of nitrogens with one attached hydrogen (secondary N) is 1. The van der Waals surface area contributed by atoms with E-state index in [-0.39, 0.29) is 33.0 Å². The molecule has 2 heterocycles. The van der Waals surface area contributed by atoms with Crippen LogP contribution < -0.4 is 5.56 Å². The number of aromatic hydroxyl groups is 1. The van der Waals surface area contributed by atoms with Crippen LogP contribution in [0.5, 0.6) is 5.75 Å². The Morgan fingerprint density at radius 2 is 2.06 bits per heavy atom. The van der Waals surface area contributed by atoms with Gasteiger partial charge in [-0.05, 0) is 20.3 Å². The van der Waals surface area contributed by atoms with Gasteiger partial charge < -0.3 is 10.1 Å². The van der Waals surface area contributed by atoms with Crippen LogP contribution in [-0.2, 0) is 6.42 Å². The summed E-state index contributed by atoms with van der Waals surface area (Å²) >= 11 is 1.43. The van der Waals surface area contributed by atoms with Gasteiger partial charge in [0.2, 0.25) is 0 Å². The Labute approximate surface area is 103 Å². The molecule has 0 saturated carbocycles. The number of aromatic nitrogens is 1. The molecule has 4 nitrogen and oxygen atoms in total. The van der Waals surface area contributed by atoms with Crippen molar-refractivity contribution < 1.29 is 9.90 Å². The van der Waals surface area contributed by atoms with Crippen LogP contribution in [0.15, 0.2) is 9.82 Å². The molecular formula is C12H15NO3S. The first-order chi connectivity index (χ1) is 7.85. The van der Waals surface area contributed by atoms with Crippen LogP contribution in [0.4, 0.5) is 0 Å². The third kappa shape index (κ3) is 1.99. The Morgan fingerprint density at radius 1 is 1.41 bits per heavy atom. The molecule has 2 N–H and O–H groups in total. The summed E-state index contributed by atoms with van der Waals surface area (Å²) in [6.45, 7) is 5.67. The van der Waals surface area contributed by atoms with E-state index in [2.05, 4.69) is 4.98 Å². The van der Waals surface area contributed by atoms with E-state index in [0.29, 0.717) is 17.9 Å². The van der Waals surface area contributed by atoms with Crippen molar-refractivity contribution in [2.24, 2.45) is 0 Å². The van der Waals surface area contributed by atoms with Crippen LogP contribution in [0.1, 0.15) is 43.1 Å². The standard InChI is InChI=1S/C12H15NO3S/c1-4-6-9(15)8-7(14)5-12(2,3)17-11(8)13-10(6)16/h4-5H2,1-3H3,(H2,13,15,16). The molecule has 0 aliphatic carbocycles. The Balaban J connectivity index is 2.69. The number of hydrogen-bond donors (Lipinski definition) is 2. The first kappa shape index (κ1) is 12.2. The summed E-state index contributed by atoms with van der Waals surface area (Å²) in [6.07, 6.45) is 0.781. The van der Waals surface area contributed by atoms with Gasteiger partial charge in [-0.15, -0.1) is 11.8 Å². The van der Waals surface area contributed by atoms with Crippen LogP contribution in [0, 0.1) is 0 Å². The number of thioether (sulfide) groups is 1. The van der Waals surface area contributed by atoms with Crippen molar-refractivity contribution in [3.8, 4) is 5.75 Å². The highest BCUT2D eigenvalue weighted by Gasteiger charge is 2.35. The molecule has 5 heteroatoms. The summed E-state index contributed by atoms with van der Waals surface area (Å²) in [7, 11) is 0. The van der Waals surface area contributed by atoms with E-state index in [0.717, 1.165) is 0 Å². The van der Waals surface area contributed by atoms with Gasteiger partial charge in [-0.25, -0.2) is 0 Å². The lowest BCUT2D eigenvalue weighted by molar-refractivity contribution is 0.0963. The molecule has 0 spiro atoms. The molecule has 0 fully saturated rings. The van der Waals surface area contributed by atoms with Crippen molar-refractivity contribution in [1.82, 2.24) is 4.98 Å². The van der Waals surface area contributed by atoms with Gasteiger partial charge in [0.05, 0.1) is 16.2 Å². The Morgan fingerprint density at radius 3 is 2.65 bits per heavy atom. The molecule has 0 aromatic carbocycles. The molecule has 0 bridgehead atoms. The van der Waals surface area contributed by atoms with Crippen molar-refractivity contribution in [3.63, 3.8) is 0 Å². The van der Waals surface area contributed by atoms with E-state index >= 15 is 0 Å². The maximum Gasteiger partial charge on any atom is 0.255 e. The summed E-state index contributed by atoms with van der Waals surface area (Å²) in [5.74, 6) is -0.244. The van der Waals surface area contributed by atoms with Gasteiger partial charge >= 0.3 is 0 Å². The van der Waals surface area contributed by atoms with Crippen molar-refractivity contribution in [3.05, 3.63) is 21.5 Å². The number of carbonyl (C=O) groups excluding carboxylic acids is 1. The van der Waals surface area contributed by atoms with E-state index in [1.165, 1.54) is 11.8 Å². The molecule has 2 rings (SSSR count). The van der Waals surface area contributed by atoms with Gasteiger partial charge in [-0.1, -0.05) is 6.92 Å². The van der Waals surface area contributed by atoms with Crippen molar-refractivity contribution in [2.75, 3.05) is 0 Å². The third-order valence-corrected chi connectivity index (χ3v) is 4.06. The number of Topliss-reactive ketones (excluding diaryl/α,β-unsaturated/α-hetero) is 1. The highest BCUT2D eigenvalue weighted by atomic mass is 32.2. The van der Waals surface area contributed by atoms with Gasteiger partial charge in [0.25, 0.3) is 5.56 Å². The predicted octanol–water partition coefficient (Wildman–Crippen LogP) is 2.10. The lowest BCUT2D eigenvalue weighted by Gasteiger charge is -2.29. The first-order valence-electron chi connectivity index (χ1n) is 5.56. The Kier molecular flexibility index (Phi) is 2.81. The fraction of sp³-hybridized carbons (Fsp3) is 0.500. The van der Waals surface area contributed by atoms with Crippen molar-refractivity contribution in [1.29, 1.82) is 0 Å². The topological polar surface area (TPSA) is 70.2 Å². The molecule has 0 atom stereocenters. The predicted molar refractivity (Wildman–Crippen MR) is 67.0 cm³/mol. The summed E-state index contributed by atoms with van der Waals surface area (Å²) < 4.78 is -0.243. The van der Waals surface area contributed by atoms with E-state index in [1.807, 2.05) is 13.8 Å². The second kappa shape index (κ2) is 3.91. The molecule has 1 aromatic heterocycles. The molecule has 0 unspecified atom stereocenters. The highest BCUT2D eigenvalue weighted by Crippen LogP contribution is 2.44. The fourth-order valence-electron chi connectivity index (χ4n) is 2.06. The maximum atomic E-state index is 12.0. The monoisotopic (exact) mass is 253 g/mol. The van der Waals surface area contributed by atoms with Crippen LogP contribution in [0.2, 0.25) is 0 Å². The van der Waals surface area contributed by atoms with Gasteiger partial charge in [0.1, 0.15) is 5.75 Å². The number of hydrogen-bond acceptors (Lipinski definition) is 4. The highest BCUT2D eigenvalue weighted by molar-refractivity contribution is 8.00. The van der Waals surface area contributed by atoms with Crippen LogP contribution in [0.25, 0.3) is 0 Å². The van der Waals surface area contributed by atoms with E-state index in [9.17, 15) is 14.7 Å². The smallest absolute Gasteiger partial charge is 0.255 e. The molecule has 0 radical (unpaired) electrons. The quantitative estimate of drug-likeness (QED) is 0.804. The molecule has 0 saturated heterocycles. The van der Waals surface area contributed by atoms with Crippen molar-refractivity contribution >= 4 is 17.5 Å². The molecule has 92 valence electrons. The first-order valence-corrected chi connectivity index (χ1v) is 6.37. The second-order valence-corrected chi connectivity index (χ2v) is 6.52. The van der Waals surface area contributed by atoms with E-state index < -0.39 is 0 Å². The SMILES string of the molecule is CCc1c(O)c2c([nH]c1=O)SC(C)(C)CC2=O. The molecule has 1 aliphatic heterocycles. The number of rotatable bonds is 1. The van der Waals surface area contributed by atoms with Crippen LogP contribution in [0.3, 0.4) is 0 Å². The third-order valence-electron chi connectivity index (χ3n) is 2.85. The number of H-pyrrole nitrogens is 1. The normalized spacial score (nSPS) is 17.9. The van der Waals surface area contributed by atoms with Crippen LogP contribution in [-0.4, -0.2) is 20.6 Å². The molecular weight excluding hydrogens is 238 g/mol. The van der Waals surface area contributed by atoms with E-state index in [4.69, 9.17) is 0 Å². The summed E-state index contributed by atoms with van der Waals surface area (Å²) in [5.41, 5.74) is 0.268. The second-order valence-electron chi connectivity index (χ2n) is 4.80. The Bertz CT molecular complexity index is 545. The Hall–Kier alpha value is -1.23. The average molecular weight is 253 g/mol. The maximum absolute atomic E-state index is 12.0. The largest absolute Gasteiger partial charge is 0.507 e. The van der Waals surface area contributed by atoms with Crippen molar-refractivity contribution in [2.45, 2.75) is 43.4 Å². The number of fused-ring (bicyclic) bond motifs is 1. The lowest BCUT2D eigenvalue weighted by atomic mass is 9.98. The minimum atomic E-state index is -0.304. The number of pyridine rings is 1. The fourth-order valence-corrected chi connectivity index (χ4v) is 3.27. The molecule has 1 aliphatic rings. The number of ketones is 1. The van der Waals surface area contributed by atoms with Crippen LogP contribution >= 0.6 is 11.8 Å². The van der Waals surface area contributed by atoms with Gasteiger partial charge in [0.15, 0.2) is 5.78 Å². The van der Waals surface area contributed by atoms with E-state index in [1.54, 1.807) is 6.92 Å². The zero-order valence-electron chi connectivity index (χ0n) is 10.1. The zero-order valence-corrected chi connectivity index (χ0v) is 10.9. The summed E-state index contributed by atoms with van der Waals surface area (Å²) in [5, 5.41) is 10.5. The number of aromatic amines is 1. The average Bonchev–Trinajstić information content (AvgIpc) is 2.14. The van der Waals surface area contributed by atoms with Gasteiger partial charge in [0, 0.05) is 11.2 Å². The van der Waals surface area contributed by atoms with Gasteiger partial charge in [-0.3, -0.25) is 9.59 Å². The minimum absolute atomic E-state index is 0.104. The minimum Gasteiger partial charge on any atom is -0.507 e. The molecule has 17 heavy (non-hydrogen) atoms. The lowest BCUT2D eigenvalue weighted by Crippen LogP contribution is -2.29. The zero-order chi connectivity index (χ0) is 12.8. The molecule has 0 amide bonds. The number of carbonyl (C=O) groups is 1.